The predicted octanol–water partition coefficient (Wildman–Crippen LogP) is 4.47. The fraction of sp³-hybridized carbons (Fsp3) is 0.174. The number of carbonyl (C=O) groups is 1. The Hall–Kier alpha value is -3.25. The molecule has 2 heterocycles. The van der Waals surface area contributed by atoms with Crippen LogP contribution in [0.1, 0.15) is 21.0 Å². The number of hydrogen-bond acceptors (Lipinski definition) is 4. The molecule has 1 amide bonds. The maximum absolute atomic E-state index is 12.7. The molecule has 0 saturated carbocycles. The van der Waals surface area contributed by atoms with Crippen LogP contribution in [-0.4, -0.2) is 20.7 Å². The van der Waals surface area contributed by atoms with Crippen molar-refractivity contribution in [2.75, 3.05) is 0 Å². The van der Waals surface area contributed by atoms with Gasteiger partial charge in [-0.1, -0.05) is 48.0 Å². The van der Waals surface area contributed by atoms with Crippen LogP contribution in [0.3, 0.4) is 0 Å². The van der Waals surface area contributed by atoms with E-state index in [0.29, 0.717) is 13.0 Å². The zero-order chi connectivity index (χ0) is 20.2. The van der Waals surface area contributed by atoms with E-state index >= 15 is 0 Å². The summed E-state index contributed by atoms with van der Waals surface area (Å²) < 4.78 is 1.81. The molecule has 5 nitrogen and oxygen atoms in total. The highest BCUT2D eigenvalue weighted by molar-refractivity contribution is 7.12. The number of nitrogens with zero attached hydrogens (tertiary/aromatic N) is 3. The first kappa shape index (κ1) is 19.1. The standard InChI is InChI=1S/C23H22N4OS/c1-16-8-10-18(11-9-16)23-21(29-17(2)26-23)14-22(28)24-15-19-6-3-4-7-20(19)27-13-5-12-25-27/h3-13H,14-15H2,1-2H3,(H,24,28). The van der Waals surface area contributed by atoms with Crippen LogP contribution in [0.25, 0.3) is 16.9 Å². The summed E-state index contributed by atoms with van der Waals surface area (Å²) in [5, 5.41) is 8.30. The molecule has 0 fully saturated rings. The summed E-state index contributed by atoms with van der Waals surface area (Å²) in [6, 6.07) is 18.1. The highest BCUT2D eigenvalue weighted by Gasteiger charge is 2.15. The Bertz CT molecular complexity index is 1110. The third-order valence-corrected chi connectivity index (χ3v) is 5.64. The van der Waals surface area contributed by atoms with Crippen molar-refractivity contribution < 1.29 is 4.79 Å². The second kappa shape index (κ2) is 8.41. The highest BCUT2D eigenvalue weighted by atomic mass is 32.1. The Labute approximate surface area is 174 Å². The molecule has 0 aliphatic heterocycles. The first-order valence-corrected chi connectivity index (χ1v) is 10.3. The number of thiazole rings is 1. The molecular weight excluding hydrogens is 380 g/mol. The van der Waals surface area contributed by atoms with Crippen molar-refractivity contribution in [3.8, 4) is 16.9 Å². The molecule has 29 heavy (non-hydrogen) atoms. The summed E-state index contributed by atoms with van der Waals surface area (Å²) in [7, 11) is 0. The monoisotopic (exact) mass is 402 g/mol. The van der Waals surface area contributed by atoms with Crippen LogP contribution in [0.5, 0.6) is 0 Å². The van der Waals surface area contributed by atoms with Crippen LogP contribution >= 0.6 is 11.3 Å². The molecule has 0 unspecified atom stereocenters. The molecule has 146 valence electrons. The van der Waals surface area contributed by atoms with E-state index in [9.17, 15) is 4.79 Å². The van der Waals surface area contributed by atoms with E-state index in [0.717, 1.165) is 32.4 Å². The normalized spacial score (nSPS) is 10.8. The first-order valence-electron chi connectivity index (χ1n) is 9.48. The predicted molar refractivity (Wildman–Crippen MR) is 116 cm³/mol. The van der Waals surface area contributed by atoms with E-state index in [2.05, 4.69) is 46.6 Å². The Morgan fingerprint density at radius 3 is 2.62 bits per heavy atom. The van der Waals surface area contributed by atoms with E-state index in [1.54, 1.807) is 17.5 Å². The zero-order valence-corrected chi connectivity index (χ0v) is 17.2. The van der Waals surface area contributed by atoms with Gasteiger partial charge in [-0.25, -0.2) is 9.67 Å². The van der Waals surface area contributed by atoms with Gasteiger partial charge in [0, 0.05) is 29.4 Å². The van der Waals surface area contributed by atoms with Crippen LogP contribution in [0, 0.1) is 13.8 Å². The summed E-state index contributed by atoms with van der Waals surface area (Å²) in [6.45, 7) is 4.49. The number of carbonyl (C=O) groups excluding carboxylic acids is 1. The lowest BCUT2D eigenvalue weighted by Crippen LogP contribution is -2.25. The van der Waals surface area contributed by atoms with Crippen molar-refractivity contribution in [2.24, 2.45) is 0 Å². The first-order chi connectivity index (χ1) is 14.1. The number of para-hydroxylation sites is 1. The van der Waals surface area contributed by atoms with Gasteiger partial charge in [0.2, 0.25) is 5.91 Å². The van der Waals surface area contributed by atoms with Gasteiger partial charge in [0.05, 0.1) is 22.8 Å². The smallest absolute Gasteiger partial charge is 0.225 e. The Morgan fingerprint density at radius 1 is 1.07 bits per heavy atom. The van der Waals surface area contributed by atoms with Crippen molar-refractivity contribution in [3.05, 3.63) is 88.0 Å². The summed E-state index contributed by atoms with van der Waals surface area (Å²) in [4.78, 5) is 18.3. The fourth-order valence-electron chi connectivity index (χ4n) is 3.22. The second-order valence-electron chi connectivity index (χ2n) is 6.90. The van der Waals surface area contributed by atoms with Crippen LogP contribution in [-0.2, 0) is 17.8 Å². The largest absolute Gasteiger partial charge is 0.352 e. The third-order valence-electron chi connectivity index (χ3n) is 4.67. The SMILES string of the molecule is Cc1ccc(-c2nc(C)sc2CC(=O)NCc2ccccc2-n2cccn2)cc1. The van der Waals surface area contributed by atoms with E-state index < -0.39 is 0 Å². The lowest BCUT2D eigenvalue weighted by molar-refractivity contribution is -0.120. The quantitative estimate of drug-likeness (QED) is 0.518. The van der Waals surface area contributed by atoms with Gasteiger partial charge in [-0.05, 0) is 31.5 Å². The van der Waals surface area contributed by atoms with Gasteiger partial charge in [0.25, 0.3) is 0 Å². The Morgan fingerprint density at radius 2 is 1.86 bits per heavy atom. The van der Waals surface area contributed by atoms with Gasteiger partial charge in [0.15, 0.2) is 0 Å². The number of aromatic nitrogens is 3. The van der Waals surface area contributed by atoms with Gasteiger partial charge in [-0.15, -0.1) is 11.3 Å². The molecule has 4 aromatic rings. The van der Waals surface area contributed by atoms with Gasteiger partial charge >= 0.3 is 0 Å². The molecule has 0 spiro atoms. The molecule has 0 aliphatic rings. The minimum atomic E-state index is -0.0164. The number of nitrogens with one attached hydrogen (secondary N) is 1. The van der Waals surface area contributed by atoms with Crippen molar-refractivity contribution in [1.82, 2.24) is 20.1 Å². The molecule has 0 atom stereocenters. The average Bonchev–Trinajstić information content (AvgIpc) is 3.37. The lowest BCUT2D eigenvalue weighted by atomic mass is 10.1. The molecule has 6 heteroatoms. The molecule has 1 N–H and O–H groups in total. The number of aryl methyl sites for hydroxylation is 2. The van der Waals surface area contributed by atoms with Crippen molar-refractivity contribution in [1.29, 1.82) is 0 Å². The molecule has 2 aromatic carbocycles. The third kappa shape index (κ3) is 4.43. The van der Waals surface area contributed by atoms with Gasteiger partial charge in [-0.2, -0.15) is 5.10 Å². The number of benzene rings is 2. The molecule has 0 aliphatic carbocycles. The van der Waals surface area contributed by atoms with E-state index in [1.165, 1.54) is 5.56 Å². The number of amides is 1. The summed E-state index contributed by atoms with van der Waals surface area (Å²) in [5.41, 5.74) is 5.14. The second-order valence-corrected chi connectivity index (χ2v) is 8.19. The Kier molecular flexibility index (Phi) is 5.53. The van der Waals surface area contributed by atoms with Gasteiger partial charge < -0.3 is 5.32 Å². The molecule has 0 bridgehead atoms. The molecular formula is C23H22N4OS. The summed E-state index contributed by atoms with van der Waals surface area (Å²) in [5.74, 6) is -0.0164. The minimum absolute atomic E-state index is 0.0164. The molecule has 2 aromatic heterocycles. The zero-order valence-electron chi connectivity index (χ0n) is 16.4. The lowest BCUT2D eigenvalue weighted by Gasteiger charge is -2.11. The average molecular weight is 403 g/mol. The van der Waals surface area contributed by atoms with E-state index in [1.807, 2.05) is 48.1 Å². The fourth-order valence-corrected chi connectivity index (χ4v) is 4.18. The van der Waals surface area contributed by atoms with Crippen molar-refractivity contribution in [3.63, 3.8) is 0 Å². The van der Waals surface area contributed by atoms with Crippen LogP contribution < -0.4 is 5.32 Å². The summed E-state index contributed by atoms with van der Waals surface area (Å²) >= 11 is 1.58. The van der Waals surface area contributed by atoms with E-state index in [-0.39, 0.29) is 5.91 Å². The number of hydrogen-bond donors (Lipinski definition) is 1. The maximum Gasteiger partial charge on any atom is 0.225 e. The maximum atomic E-state index is 12.7. The number of rotatable bonds is 6. The van der Waals surface area contributed by atoms with Crippen molar-refractivity contribution in [2.45, 2.75) is 26.8 Å². The molecule has 4 rings (SSSR count). The molecule has 0 saturated heterocycles. The van der Waals surface area contributed by atoms with Crippen LogP contribution in [0.15, 0.2) is 67.0 Å². The van der Waals surface area contributed by atoms with E-state index in [4.69, 9.17) is 0 Å². The Balaban J connectivity index is 1.47. The molecule has 0 radical (unpaired) electrons. The van der Waals surface area contributed by atoms with Gasteiger partial charge in [0.1, 0.15) is 0 Å². The topological polar surface area (TPSA) is 59.8 Å². The van der Waals surface area contributed by atoms with Crippen molar-refractivity contribution >= 4 is 17.2 Å². The minimum Gasteiger partial charge on any atom is -0.352 e. The van der Waals surface area contributed by atoms with Crippen LogP contribution in [0.4, 0.5) is 0 Å². The van der Waals surface area contributed by atoms with Gasteiger partial charge in [-0.3, -0.25) is 4.79 Å². The summed E-state index contributed by atoms with van der Waals surface area (Å²) in [6.07, 6.45) is 3.96. The highest BCUT2D eigenvalue weighted by Crippen LogP contribution is 2.28. The van der Waals surface area contributed by atoms with Crippen LogP contribution in [0.2, 0.25) is 0 Å².